The summed E-state index contributed by atoms with van der Waals surface area (Å²) in [4.78, 5) is 0. The molecule has 0 aromatic carbocycles. The van der Waals surface area contributed by atoms with Crippen molar-refractivity contribution in [2.75, 3.05) is 13.2 Å². The second-order valence-electron chi connectivity index (χ2n) is 7.33. The highest BCUT2D eigenvalue weighted by molar-refractivity contribution is 5.01. The lowest BCUT2D eigenvalue weighted by Crippen LogP contribution is -2.60. The summed E-state index contributed by atoms with van der Waals surface area (Å²) in [6.07, 6.45) is 7.66. The summed E-state index contributed by atoms with van der Waals surface area (Å²) in [5, 5.41) is 3.75. The van der Waals surface area contributed by atoms with Gasteiger partial charge in [-0.25, -0.2) is 0 Å². The topological polar surface area (TPSA) is 21.3 Å². The van der Waals surface area contributed by atoms with E-state index in [4.69, 9.17) is 4.74 Å². The molecule has 1 spiro atoms. The minimum absolute atomic E-state index is 0.150. The average Bonchev–Trinajstić information content (AvgIpc) is 2.36. The van der Waals surface area contributed by atoms with E-state index in [0.29, 0.717) is 11.5 Å². The van der Waals surface area contributed by atoms with Crippen LogP contribution in [-0.4, -0.2) is 24.8 Å². The van der Waals surface area contributed by atoms with Crippen molar-refractivity contribution in [1.82, 2.24) is 5.32 Å². The standard InChI is InChI=1S/C16H31NO/c1-5-13(2)12-14-16(18-11-10-17-14)8-6-15(3,4)7-9-16/h13-14,17H,5-12H2,1-4H3. The molecule has 2 unspecified atom stereocenters. The summed E-state index contributed by atoms with van der Waals surface area (Å²) >= 11 is 0. The van der Waals surface area contributed by atoms with Crippen LogP contribution in [0.3, 0.4) is 0 Å². The van der Waals surface area contributed by atoms with Gasteiger partial charge in [-0.05, 0) is 43.4 Å². The van der Waals surface area contributed by atoms with Crippen LogP contribution in [0.1, 0.15) is 66.2 Å². The van der Waals surface area contributed by atoms with Gasteiger partial charge in [0, 0.05) is 12.6 Å². The highest BCUT2D eigenvalue weighted by Crippen LogP contribution is 2.45. The van der Waals surface area contributed by atoms with E-state index in [1.54, 1.807) is 0 Å². The van der Waals surface area contributed by atoms with Gasteiger partial charge in [0.1, 0.15) is 0 Å². The van der Waals surface area contributed by atoms with E-state index in [9.17, 15) is 0 Å². The monoisotopic (exact) mass is 253 g/mol. The molecule has 0 radical (unpaired) electrons. The molecule has 2 heteroatoms. The molecule has 1 saturated heterocycles. The smallest absolute Gasteiger partial charge is 0.0835 e. The van der Waals surface area contributed by atoms with E-state index in [2.05, 4.69) is 33.0 Å². The van der Waals surface area contributed by atoms with Crippen LogP contribution < -0.4 is 5.32 Å². The van der Waals surface area contributed by atoms with Crippen LogP contribution in [0.5, 0.6) is 0 Å². The molecule has 18 heavy (non-hydrogen) atoms. The third-order valence-electron chi connectivity index (χ3n) is 5.30. The highest BCUT2D eigenvalue weighted by atomic mass is 16.5. The largest absolute Gasteiger partial charge is 0.372 e. The van der Waals surface area contributed by atoms with Gasteiger partial charge >= 0.3 is 0 Å². The Bertz CT molecular complexity index is 264. The van der Waals surface area contributed by atoms with Crippen LogP contribution in [0.25, 0.3) is 0 Å². The van der Waals surface area contributed by atoms with Gasteiger partial charge < -0.3 is 10.1 Å². The van der Waals surface area contributed by atoms with Crippen LogP contribution in [0.15, 0.2) is 0 Å². The molecular weight excluding hydrogens is 222 g/mol. The van der Waals surface area contributed by atoms with E-state index in [1.807, 2.05) is 0 Å². The lowest BCUT2D eigenvalue weighted by Gasteiger charge is -2.51. The second kappa shape index (κ2) is 5.50. The number of hydrogen-bond acceptors (Lipinski definition) is 2. The molecule has 2 aliphatic rings. The summed E-state index contributed by atoms with van der Waals surface area (Å²) in [6, 6.07) is 0.581. The summed E-state index contributed by atoms with van der Waals surface area (Å²) < 4.78 is 6.30. The van der Waals surface area contributed by atoms with Gasteiger partial charge in [0.2, 0.25) is 0 Å². The Hall–Kier alpha value is -0.0800. The summed E-state index contributed by atoms with van der Waals surface area (Å²) in [5.74, 6) is 0.802. The Morgan fingerprint density at radius 3 is 2.50 bits per heavy atom. The lowest BCUT2D eigenvalue weighted by molar-refractivity contribution is -0.134. The average molecular weight is 253 g/mol. The van der Waals surface area contributed by atoms with E-state index >= 15 is 0 Å². The molecule has 2 rings (SSSR count). The van der Waals surface area contributed by atoms with Crippen LogP contribution in [-0.2, 0) is 4.74 Å². The molecule has 0 amide bonds. The number of nitrogens with one attached hydrogen (secondary N) is 1. The normalized spacial score (nSPS) is 32.3. The van der Waals surface area contributed by atoms with Crippen molar-refractivity contribution in [3.05, 3.63) is 0 Å². The number of morpholine rings is 1. The fourth-order valence-corrected chi connectivity index (χ4v) is 3.48. The first-order valence-corrected chi connectivity index (χ1v) is 7.85. The minimum atomic E-state index is 0.150. The van der Waals surface area contributed by atoms with E-state index in [1.165, 1.54) is 38.5 Å². The van der Waals surface area contributed by atoms with Crippen LogP contribution in [0, 0.1) is 11.3 Å². The van der Waals surface area contributed by atoms with E-state index in [-0.39, 0.29) is 5.60 Å². The molecule has 0 bridgehead atoms. The molecular formula is C16H31NO. The maximum atomic E-state index is 6.30. The molecule has 2 atom stereocenters. The number of ether oxygens (including phenoxy) is 1. The molecule has 1 saturated carbocycles. The zero-order valence-electron chi connectivity index (χ0n) is 12.7. The van der Waals surface area contributed by atoms with Gasteiger partial charge in [0.05, 0.1) is 12.2 Å². The van der Waals surface area contributed by atoms with Gasteiger partial charge in [-0.1, -0.05) is 34.1 Å². The first-order valence-electron chi connectivity index (χ1n) is 7.85. The van der Waals surface area contributed by atoms with Gasteiger partial charge in [0.25, 0.3) is 0 Å². The van der Waals surface area contributed by atoms with Gasteiger partial charge in [0.15, 0.2) is 0 Å². The maximum Gasteiger partial charge on any atom is 0.0835 e. The Labute approximate surface area is 113 Å². The van der Waals surface area contributed by atoms with Crippen molar-refractivity contribution < 1.29 is 4.74 Å². The molecule has 106 valence electrons. The molecule has 0 aromatic rings. The van der Waals surface area contributed by atoms with Gasteiger partial charge in [-0.2, -0.15) is 0 Å². The van der Waals surface area contributed by atoms with E-state index < -0.39 is 0 Å². The zero-order valence-corrected chi connectivity index (χ0v) is 12.7. The number of rotatable bonds is 3. The minimum Gasteiger partial charge on any atom is -0.372 e. The van der Waals surface area contributed by atoms with Crippen LogP contribution in [0.4, 0.5) is 0 Å². The van der Waals surface area contributed by atoms with Crippen molar-refractivity contribution in [2.24, 2.45) is 11.3 Å². The quantitative estimate of drug-likeness (QED) is 0.827. The molecule has 1 aliphatic heterocycles. The number of hydrogen-bond donors (Lipinski definition) is 1. The Morgan fingerprint density at radius 1 is 1.22 bits per heavy atom. The maximum absolute atomic E-state index is 6.30. The molecule has 1 heterocycles. The zero-order chi connectivity index (χ0) is 13.2. The van der Waals surface area contributed by atoms with Gasteiger partial charge in [-0.3, -0.25) is 0 Å². The van der Waals surface area contributed by atoms with Crippen molar-refractivity contribution in [3.8, 4) is 0 Å². The Balaban J connectivity index is 2.03. The van der Waals surface area contributed by atoms with E-state index in [0.717, 1.165) is 19.1 Å². The van der Waals surface area contributed by atoms with Gasteiger partial charge in [-0.15, -0.1) is 0 Å². The third-order valence-corrected chi connectivity index (χ3v) is 5.30. The summed E-state index contributed by atoms with van der Waals surface area (Å²) in [7, 11) is 0. The first kappa shape index (κ1) is 14.3. The molecule has 2 nitrogen and oxygen atoms in total. The van der Waals surface area contributed by atoms with Crippen molar-refractivity contribution >= 4 is 0 Å². The SMILES string of the molecule is CCC(C)CC1NCCOC12CCC(C)(C)CC2. The summed E-state index contributed by atoms with van der Waals surface area (Å²) in [5.41, 5.74) is 0.671. The molecule has 0 aromatic heterocycles. The molecule has 1 N–H and O–H groups in total. The van der Waals surface area contributed by atoms with Crippen molar-refractivity contribution in [2.45, 2.75) is 77.9 Å². The fraction of sp³-hybridized carbons (Fsp3) is 1.00. The Kier molecular flexibility index (Phi) is 4.38. The highest BCUT2D eigenvalue weighted by Gasteiger charge is 2.46. The van der Waals surface area contributed by atoms with Crippen molar-refractivity contribution in [1.29, 1.82) is 0 Å². The lowest BCUT2D eigenvalue weighted by atomic mass is 9.67. The predicted molar refractivity (Wildman–Crippen MR) is 76.8 cm³/mol. The Morgan fingerprint density at radius 2 is 1.89 bits per heavy atom. The third kappa shape index (κ3) is 3.08. The summed E-state index contributed by atoms with van der Waals surface area (Å²) in [6.45, 7) is 11.4. The second-order valence-corrected chi connectivity index (χ2v) is 7.33. The molecule has 1 aliphatic carbocycles. The molecule has 2 fully saturated rings. The van der Waals surface area contributed by atoms with Crippen LogP contribution in [0.2, 0.25) is 0 Å². The predicted octanol–water partition coefficient (Wildman–Crippen LogP) is 3.75. The van der Waals surface area contributed by atoms with Crippen LogP contribution >= 0.6 is 0 Å². The fourth-order valence-electron chi connectivity index (χ4n) is 3.48. The first-order chi connectivity index (χ1) is 8.47. The van der Waals surface area contributed by atoms with Crippen molar-refractivity contribution in [3.63, 3.8) is 0 Å².